The van der Waals surface area contributed by atoms with Gasteiger partial charge in [-0.15, -0.1) is 0 Å². The van der Waals surface area contributed by atoms with Gasteiger partial charge in [0.2, 0.25) is 5.91 Å². The summed E-state index contributed by atoms with van der Waals surface area (Å²) in [5.74, 6) is -6.78. The Morgan fingerprint density at radius 2 is 1.71 bits per heavy atom. The first-order chi connectivity index (χ1) is 19.5. The highest BCUT2D eigenvalue weighted by atomic mass is 35.5. The van der Waals surface area contributed by atoms with Gasteiger partial charge in [0.1, 0.15) is 17.7 Å². The Hall–Kier alpha value is -3.56. The lowest BCUT2D eigenvalue weighted by Crippen LogP contribution is -2.73. The maximum Gasteiger partial charge on any atom is 0.421 e. The van der Waals surface area contributed by atoms with Gasteiger partial charge in [0, 0.05) is 10.9 Å². The molecule has 2 aromatic carbocycles. The Balaban J connectivity index is 2.24. The predicted molar refractivity (Wildman–Crippen MR) is 155 cm³/mol. The van der Waals surface area contributed by atoms with Gasteiger partial charge in [-0.25, -0.2) is 9.69 Å². The largest absolute Gasteiger partial charge is 0.466 e. The number of carbonyl (C=O) groups excluding carboxylic acids is 5. The molecule has 0 unspecified atom stereocenters. The van der Waals surface area contributed by atoms with Crippen LogP contribution in [0.15, 0.2) is 48.5 Å². The van der Waals surface area contributed by atoms with Crippen LogP contribution in [0.5, 0.6) is 0 Å². The smallest absolute Gasteiger partial charge is 0.421 e. The van der Waals surface area contributed by atoms with E-state index in [1.807, 2.05) is 0 Å². The van der Waals surface area contributed by atoms with Gasteiger partial charge in [-0.2, -0.15) is 0 Å². The number of anilines is 1. The van der Waals surface area contributed by atoms with Crippen LogP contribution in [0.2, 0.25) is 5.02 Å². The maximum absolute atomic E-state index is 15.1. The summed E-state index contributed by atoms with van der Waals surface area (Å²) in [6.07, 6.45) is -0.498. The van der Waals surface area contributed by atoms with Crippen molar-refractivity contribution in [3.05, 3.63) is 64.7 Å². The number of nitrogens with zero attached hydrogens (tertiary/aromatic N) is 1. The molecule has 4 rings (SSSR count). The molecule has 224 valence electrons. The van der Waals surface area contributed by atoms with Crippen molar-refractivity contribution >= 4 is 47.3 Å². The van der Waals surface area contributed by atoms with Crippen LogP contribution in [-0.2, 0) is 34.1 Å². The number of hydrogen-bond acceptors (Lipinski definition) is 8. The van der Waals surface area contributed by atoms with Crippen molar-refractivity contribution in [2.75, 3.05) is 11.5 Å². The Labute approximate surface area is 250 Å². The zero-order valence-corrected chi connectivity index (χ0v) is 25.5. The molecular formula is C32H36ClNO8. The fraction of sp³-hybridized carbons (Fsp3) is 0.469. The number of esters is 1. The molecule has 2 aromatic rings. The molecule has 6 atom stereocenters. The predicted octanol–water partition coefficient (Wildman–Crippen LogP) is 5.00. The highest BCUT2D eigenvalue weighted by molar-refractivity contribution is 6.31. The van der Waals surface area contributed by atoms with Crippen molar-refractivity contribution in [1.82, 2.24) is 0 Å². The van der Waals surface area contributed by atoms with Crippen molar-refractivity contribution < 1.29 is 38.6 Å². The number of Topliss-reactive ketones (excluding diaryl/α,β-unsaturated/α-hetero) is 1. The number of ketones is 1. The molecule has 1 saturated carbocycles. The molecule has 42 heavy (non-hydrogen) atoms. The first-order valence-corrected chi connectivity index (χ1v) is 14.2. The average molecular weight is 598 g/mol. The van der Waals surface area contributed by atoms with Crippen LogP contribution < -0.4 is 4.90 Å². The normalized spacial score (nSPS) is 30.5. The lowest BCUT2D eigenvalue weighted by molar-refractivity contribution is -0.207. The van der Waals surface area contributed by atoms with Gasteiger partial charge in [0.05, 0.1) is 40.6 Å². The molecule has 0 aromatic heterocycles. The number of carbonyl (C=O) groups is 5. The summed E-state index contributed by atoms with van der Waals surface area (Å²) >= 11 is 6.50. The lowest BCUT2D eigenvalue weighted by atomic mass is 9.40. The second kappa shape index (κ2) is 10.6. The standard InChI is InChI=1S/C32H36ClNO8/c1-8-41-26(37)25-30(6,18(2)36)31(7,40)22(17-35)24(19-12-10-9-11-13-19)32(25)21-16-20(33)14-15-23(21)34(27(32)38)28(39)42-29(3,4)5/h9-17,22,24-25,40H,8H2,1-7H3/t22-,24-,25+,30+,31-,32-/m0/s1. The topological polar surface area (TPSA) is 127 Å². The van der Waals surface area contributed by atoms with E-state index in [-0.39, 0.29) is 22.9 Å². The Morgan fingerprint density at radius 1 is 1.10 bits per heavy atom. The second-order valence-corrected chi connectivity index (χ2v) is 12.7. The van der Waals surface area contributed by atoms with E-state index < -0.39 is 63.5 Å². The molecule has 1 heterocycles. The van der Waals surface area contributed by atoms with Crippen LogP contribution in [0.4, 0.5) is 10.5 Å². The van der Waals surface area contributed by atoms with E-state index in [1.54, 1.807) is 58.0 Å². The number of amides is 2. The minimum absolute atomic E-state index is 0.0889. The number of aldehydes is 1. The summed E-state index contributed by atoms with van der Waals surface area (Å²) in [5, 5.41) is 12.4. The van der Waals surface area contributed by atoms with Crippen LogP contribution in [0.25, 0.3) is 0 Å². The number of halogens is 1. The van der Waals surface area contributed by atoms with E-state index in [1.165, 1.54) is 39.0 Å². The molecule has 1 aliphatic heterocycles. The number of rotatable bonds is 5. The van der Waals surface area contributed by atoms with Gasteiger partial charge >= 0.3 is 12.1 Å². The number of hydrogen-bond donors (Lipinski definition) is 1. The van der Waals surface area contributed by atoms with E-state index in [4.69, 9.17) is 21.1 Å². The quantitative estimate of drug-likeness (QED) is 0.377. The minimum Gasteiger partial charge on any atom is -0.466 e. The van der Waals surface area contributed by atoms with Crippen LogP contribution in [0.1, 0.15) is 65.5 Å². The van der Waals surface area contributed by atoms with Crippen molar-refractivity contribution in [3.63, 3.8) is 0 Å². The highest BCUT2D eigenvalue weighted by Crippen LogP contribution is 2.68. The van der Waals surface area contributed by atoms with E-state index in [0.717, 1.165) is 4.90 Å². The van der Waals surface area contributed by atoms with E-state index in [2.05, 4.69) is 0 Å². The summed E-state index contributed by atoms with van der Waals surface area (Å²) in [6, 6.07) is 12.9. The third-order valence-electron chi connectivity index (χ3n) is 8.92. The van der Waals surface area contributed by atoms with Crippen molar-refractivity contribution in [1.29, 1.82) is 0 Å². The van der Waals surface area contributed by atoms with Gasteiger partial charge in [-0.1, -0.05) is 41.9 Å². The average Bonchev–Trinajstić information content (AvgIpc) is 3.13. The Morgan fingerprint density at radius 3 is 2.24 bits per heavy atom. The fourth-order valence-electron chi connectivity index (χ4n) is 6.94. The molecule has 0 saturated heterocycles. The van der Waals surface area contributed by atoms with Gasteiger partial charge in [0.15, 0.2) is 0 Å². The van der Waals surface area contributed by atoms with Gasteiger partial charge < -0.3 is 19.4 Å². The molecule has 1 aliphatic carbocycles. The monoisotopic (exact) mass is 597 g/mol. The molecule has 9 nitrogen and oxygen atoms in total. The molecule has 0 bridgehead atoms. The zero-order valence-electron chi connectivity index (χ0n) is 24.8. The van der Waals surface area contributed by atoms with Crippen LogP contribution in [0, 0.1) is 17.3 Å². The molecule has 10 heteroatoms. The SMILES string of the molecule is CCOC(=O)[C@H]1[C@@]2(C(=O)N(C(=O)OC(C)(C)C)c3ccc(Cl)cc32)[C@@H](c2ccccc2)[C@H](C=O)[C@](C)(O)[C@]1(C)C(C)=O. The second-order valence-electron chi connectivity index (χ2n) is 12.3. The maximum atomic E-state index is 15.1. The summed E-state index contributed by atoms with van der Waals surface area (Å²) in [5.41, 5.74) is -6.59. The third kappa shape index (κ3) is 4.36. The lowest BCUT2D eigenvalue weighted by Gasteiger charge is -2.61. The number of ether oxygens (including phenoxy) is 2. The summed E-state index contributed by atoms with van der Waals surface area (Å²) in [6.45, 7) is 10.3. The van der Waals surface area contributed by atoms with E-state index in [9.17, 15) is 24.3 Å². The summed E-state index contributed by atoms with van der Waals surface area (Å²) in [7, 11) is 0. The zero-order chi connectivity index (χ0) is 31.4. The Kier molecular flexibility index (Phi) is 7.93. The van der Waals surface area contributed by atoms with E-state index in [0.29, 0.717) is 11.8 Å². The van der Waals surface area contributed by atoms with Crippen LogP contribution >= 0.6 is 11.6 Å². The molecule has 1 fully saturated rings. The molecule has 2 amide bonds. The Bertz CT molecular complexity index is 1450. The van der Waals surface area contributed by atoms with Crippen molar-refractivity contribution in [3.8, 4) is 0 Å². The molecular weight excluding hydrogens is 562 g/mol. The summed E-state index contributed by atoms with van der Waals surface area (Å²) < 4.78 is 11.1. The van der Waals surface area contributed by atoms with Crippen LogP contribution in [-0.4, -0.2) is 53.0 Å². The molecule has 0 radical (unpaired) electrons. The van der Waals surface area contributed by atoms with Gasteiger partial charge in [-0.05, 0) is 77.8 Å². The first kappa shape index (κ1) is 31.4. The summed E-state index contributed by atoms with van der Waals surface area (Å²) in [4.78, 5) is 70.6. The van der Waals surface area contributed by atoms with Crippen LogP contribution in [0.3, 0.4) is 0 Å². The molecule has 1 N–H and O–H groups in total. The van der Waals surface area contributed by atoms with Gasteiger partial charge in [-0.3, -0.25) is 14.4 Å². The number of aliphatic hydroxyl groups is 1. The van der Waals surface area contributed by atoms with Crippen molar-refractivity contribution in [2.24, 2.45) is 17.3 Å². The number of imide groups is 1. The molecule has 2 aliphatic rings. The van der Waals surface area contributed by atoms with Crippen molar-refractivity contribution in [2.45, 2.75) is 71.0 Å². The van der Waals surface area contributed by atoms with Gasteiger partial charge in [0.25, 0.3) is 0 Å². The van der Waals surface area contributed by atoms with E-state index >= 15 is 4.79 Å². The molecule has 1 spiro atoms. The minimum atomic E-state index is -2.14. The first-order valence-electron chi connectivity index (χ1n) is 13.8. The fourth-order valence-corrected chi connectivity index (χ4v) is 7.11. The highest BCUT2D eigenvalue weighted by Gasteiger charge is 2.78. The number of benzene rings is 2. The number of fused-ring (bicyclic) bond motifs is 2. The third-order valence-corrected chi connectivity index (χ3v) is 9.16.